The average molecular weight is 381 g/mol. The van der Waals surface area contributed by atoms with Crippen LogP contribution in [0.3, 0.4) is 0 Å². The number of hydrogen-bond acceptors (Lipinski definition) is 3. The van der Waals surface area contributed by atoms with E-state index < -0.39 is 15.8 Å². The van der Waals surface area contributed by atoms with Crippen molar-refractivity contribution < 1.29 is 12.8 Å². The van der Waals surface area contributed by atoms with Gasteiger partial charge >= 0.3 is 0 Å². The number of nitrogens with zero attached hydrogens (tertiary/aromatic N) is 1. The van der Waals surface area contributed by atoms with Gasteiger partial charge in [-0.05, 0) is 52.3 Å². The Morgan fingerprint density at radius 2 is 1.82 bits per heavy atom. The van der Waals surface area contributed by atoms with Gasteiger partial charge in [-0.15, -0.1) is 0 Å². The Labute approximate surface area is 135 Å². The highest BCUT2D eigenvalue weighted by atomic mass is 79.9. The molecule has 1 N–H and O–H groups in total. The zero-order chi connectivity index (χ0) is 15.7. The third kappa shape index (κ3) is 2.69. The first-order valence-electron chi connectivity index (χ1n) is 6.29. The summed E-state index contributed by atoms with van der Waals surface area (Å²) in [6.07, 6.45) is 1.42. The van der Waals surface area contributed by atoms with E-state index in [1.165, 1.54) is 18.3 Å². The van der Waals surface area contributed by atoms with E-state index in [0.717, 1.165) is 6.07 Å². The SMILES string of the molecule is O=S(=O)(Nc1ccccc1Br)c1ccc(F)c2ncccc12. The van der Waals surface area contributed by atoms with Crippen LogP contribution in [0.4, 0.5) is 10.1 Å². The molecule has 0 fully saturated rings. The van der Waals surface area contributed by atoms with Gasteiger partial charge in [0.25, 0.3) is 10.0 Å². The average Bonchev–Trinajstić information content (AvgIpc) is 2.50. The van der Waals surface area contributed by atoms with E-state index in [2.05, 4.69) is 25.6 Å². The molecule has 0 aliphatic heterocycles. The van der Waals surface area contributed by atoms with Crippen molar-refractivity contribution in [1.82, 2.24) is 4.98 Å². The Kier molecular flexibility index (Phi) is 3.84. The van der Waals surface area contributed by atoms with E-state index >= 15 is 0 Å². The second-order valence-corrected chi connectivity index (χ2v) is 7.04. The third-order valence-electron chi connectivity index (χ3n) is 3.09. The highest BCUT2D eigenvalue weighted by Crippen LogP contribution is 2.28. The molecular weight excluding hydrogens is 371 g/mol. The molecule has 0 bridgehead atoms. The van der Waals surface area contributed by atoms with Crippen LogP contribution in [0.5, 0.6) is 0 Å². The minimum atomic E-state index is -3.87. The monoisotopic (exact) mass is 380 g/mol. The molecule has 2 aromatic carbocycles. The number of nitrogens with one attached hydrogen (secondary N) is 1. The smallest absolute Gasteiger partial charge is 0.262 e. The summed E-state index contributed by atoms with van der Waals surface area (Å²) in [5.41, 5.74) is 0.432. The zero-order valence-corrected chi connectivity index (χ0v) is 13.5. The summed E-state index contributed by atoms with van der Waals surface area (Å²) >= 11 is 3.28. The lowest BCUT2D eigenvalue weighted by molar-refractivity contribution is 0.601. The van der Waals surface area contributed by atoms with E-state index in [9.17, 15) is 12.8 Å². The van der Waals surface area contributed by atoms with E-state index in [0.29, 0.717) is 10.2 Å². The summed E-state index contributed by atoms with van der Waals surface area (Å²) in [5, 5.41) is 0.238. The number of aromatic nitrogens is 1. The van der Waals surface area contributed by atoms with Gasteiger partial charge in [0.05, 0.1) is 10.6 Å². The van der Waals surface area contributed by atoms with Crippen LogP contribution in [0.15, 0.2) is 64.1 Å². The summed E-state index contributed by atoms with van der Waals surface area (Å²) in [5.74, 6) is -0.560. The molecule has 0 aliphatic carbocycles. The molecule has 0 saturated carbocycles. The normalized spacial score (nSPS) is 11.5. The minimum absolute atomic E-state index is 0.0206. The molecule has 7 heteroatoms. The van der Waals surface area contributed by atoms with Crippen molar-refractivity contribution >= 4 is 42.5 Å². The van der Waals surface area contributed by atoms with Gasteiger partial charge in [-0.3, -0.25) is 9.71 Å². The van der Waals surface area contributed by atoms with Crippen molar-refractivity contribution in [1.29, 1.82) is 0 Å². The molecule has 0 saturated heterocycles. The third-order valence-corrected chi connectivity index (χ3v) is 5.20. The number of halogens is 2. The van der Waals surface area contributed by atoms with Crippen molar-refractivity contribution in [3.8, 4) is 0 Å². The minimum Gasteiger partial charge on any atom is -0.278 e. The van der Waals surface area contributed by atoms with E-state index in [4.69, 9.17) is 0 Å². The molecular formula is C15H10BrFN2O2S. The van der Waals surface area contributed by atoms with Gasteiger partial charge in [-0.1, -0.05) is 12.1 Å². The fourth-order valence-corrected chi connectivity index (χ4v) is 3.88. The van der Waals surface area contributed by atoms with Crippen molar-refractivity contribution in [2.75, 3.05) is 4.72 Å². The number of hydrogen-bond donors (Lipinski definition) is 1. The fraction of sp³-hybridized carbons (Fsp3) is 0. The van der Waals surface area contributed by atoms with Crippen LogP contribution in [0, 0.1) is 5.82 Å². The predicted molar refractivity (Wildman–Crippen MR) is 86.7 cm³/mol. The molecule has 3 rings (SSSR count). The first-order chi connectivity index (χ1) is 10.5. The maximum absolute atomic E-state index is 13.8. The van der Waals surface area contributed by atoms with Crippen LogP contribution in [0.25, 0.3) is 10.9 Å². The molecule has 22 heavy (non-hydrogen) atoms. The number of sulfonamides is 1. The molecule has 0 spiro atoms. The topological polar surface area (TPSA) is 59.1 Å². The summed E-state index contributed by atoms with van der Waals surface area (Å²) in [6, 6.07) is 12.3. The molecule has 0 atom stereocenters. The van der Waals surface area contributed by atoms with Gasteiger partial charge in [-0.2, -0.15) is 0 Å². The number of benzene rings is 2. The Hall–Kier alpha value is -1.99. The van der Waals surface area contributed by atoms with Gasteiger partial charge in [0, 0.05) is 16.1 Å². The molecule has 1 heterocycles. The largest absolute Gasteiger partial charge is 0.278 e. The fourth-order valence-electron chi connectivity index (χ4n) is 2.09. The molecule has 0 unspecified atom stereocenters. The number of para-hydroxylation sites is 1. The van der Waals surface area contributed by atoms with Gasteiger partial charge in [-0.25, -0.2) is 12.8 Å². The van der Waals surface area contributed by atoms with Crippen molar-refractivity contribution in [3.63, 3.8) is 0 Å². The zero-order valence-electron chi connectivity index (χ0n) is 11.1. The molecule has 0 amide bonds. The summed E-state index contributed by atoms with van der Waals surface area (Å²) in [7, 11) is -3.87. The van der Waals surface area contributed by atoms with Crippen molar-refractivity contribution in [3.05, 3.63) is 65.0 Å². The molecule has 0 radical (unpaired) electrons. The highest BCUT2D eigenvalue weighted by Gasteiger charge is 2.20. The van der Waals surface area contributed by atoms with Crippen LogP contribution in [-0.4, -0.2) is 13.4 Å². The van der Waals surface area contributed by atoms with Gasteiger partial charge in [0.15, 0.2) is 0 Å². The second kappa shape index (κ2) is 5.66. The molecule has 3 aromatic rings. The number of fused-ring (bicyclic) bond motifs is 1. The Balaban J connectivity index is 2.14. The lowest BCUT2D eigenvalue weighted by Crippen LogP contribution is -2.14. The van der Waals surface area contributed by atoms with E-state index in [1.807, 2.05) is 0 Å². The molecule has 112 valence electrons. The second-order valence-electron chi connectivity index (χ2n) is 4.53. The number of pyridine rings is 1. The maximum Gasteiger partial charge on any atom is 0.262 e. The van der Waals surface area contributed by atoms with E-state index in [-0.39, 0.29) is 15.8 Å². The number of rotatable bonds is 3. The van der Waals surface area contributed by atoms with Gasteiger partial charge < -0.3 is 0 Å². The van der Waals surface area contributed by atoms with Crippen LogP contribution in [0.2, 0.25) is 0 Å². The standard InChI is InChI=1S/C15H10BrFN2O2S/c16-11-5-1-2-6-13(11)19-22(20,21)14-8-7-12(17)15-10(14)4-3-9-18-15/h1-9,19H. The molecule has 4 nitrogen and oxygen atoms in total. The Morgan fingerprint density at radius 1 is 1.05 bits per heavy atom. The quantitative estimate of drug-likeness (QED) is 0.748. The lowest BCUT2D eigenvalue weighted by Gasteiger charge is -2.11. The van der Waals surface area contributed by atoms with Crippen molar-refractivity contribution in [2.24, 2.45) is 0 Å². The van der Waals surface area contributed by atoms with Crippen LogP contribution < -0.4 is 4.72 Å². The summed E-state index contributed by atoms with van der Waals surface area (Å²) in [6.45, 7) is 0. The first kappa shape index (κ1) is 14.9. The summed E-state index contributed by atoms with van der Waals surface area (Å²) < 4.78 is 42.1. The highest BCUT2D eigenvalue weighted by molar-refractivity contribution is 9.10. The van der Waals surface area contributed by atoms with E-state index in [1.54, 1.807) is 30.3 Å². The van der Waals surface area contributed by atoms with Crippen LogP contribution >= 0.6 is 15.9 Å². The van der Waals surface area contributed by atoms with Gasteiger partial charge in [0.1, 0.15) is 11.3 Å². The van der Waals surface area contributed by atoms with Crippen LogP contribution in [-0.2, 0) is 10.0 Å². The molecule has 0 aliphatic rings. The molecule has 1 aromatic heterocycles. The van der Waals surface area contributed by atoms with Crippen molar-refractivity contribution in [2.45, 2.75) is 4.90 Å². The summed E-state index contributed by atoms with van der Waals surface area (Å²) in [4.78, 5) is 3.88. The predicted octanol–water partition coefficient (Wildman–Crippen LogP) is 3.94. The number of anilines is 1. The maximum atomic E-state index is 13.8. The Morgan fingerprint density at radius 3 is 2.59 bits per heavy atom. The van der Waals surface area contributed by atoms with Crippen LogP contribution in [0.1, 0.15) is 0 Å². The lowest BCUT2D eigenvalue weighted by atomic mass is 10.2. The first-order valence-corrected chi connectivity index (χ1v) is 8.57. The Bertz CT molecular complexity index is 961. The van der Waals surface area contributed by atoms with Gasteiger partial charge in [0.2, 0.25) is 0 Å².